The summed E-state index contributed by atoms with van der Waals surface area (Å²) in [6, 6.07) is 9.93. The normalized spacial score (nSPS) is 20.7. The fraction of sp³-hybridized carbons (Fsp3) is 0.500. The summed E-state index contributed by atoms with van der Waals surface area (Å²) >= 11 is 2.88. The third kappa shape index (κ3) is 2.97. The van der Waals surface area contributed by atoms with Gasteiger partial charge >= 0.3 is 128 Å². The van der Waals surface area contributed by atoms with Gasteiger partial charge in [-0.25, -0.2) is 0 Å². The zero-order chi connectivity index (χ0) is 14.9. The SMILES string of the molecule is C[C@@H](C(=O)N1C(=[Se])OC[C@@H]1C(C)(C)C)c1ccccc1. The van der Waals surface area contributed by atoms with E-state index in [1.807, 2.05) is 37.3 Å². The van der Waals surface area contributed by atoms with E-state index in [9.17, 15) is 4.79 Å². The van der Waals surface area contributed by atoms with Crippen LogP contribution in [0.1, 0.15) is 39.2 Å². The second-order valence-electron chi connectivity index (χ2n) is 6.30. The molecule has 1 aliphatic heterocycles. The van der Waals surface area contributed by atoms with Gasteiger partial charge in [0.25, 0.3) is 0 Å². The first-order valence-corrected chi connectivity index (χ1v) is 7.73. The molecule has 0 bridgehead atoms. The van der Waals surface area contributed by atoms with Gasteiger partial charge in [0.1, 0.15) is 0 Å². The molecule has 108 valence electrons. The van der Waals surface area contributed by atoms with Crippen molar-refractivity contribution in [2.45, 2.75) is 39.7 Å². The van der Waals surface area contributed by atoms with Crippen LogP contribution in [0.5, 0.6) is 0 Å². The number of nitrogens with zero attached hydrogens (tertiary/aromatic N) is 1. The molecule has 1 heterocycles. The predicted octanol–water partition coefficient (Wildman–Crippen LogP) is 2.32. The molecule has 1 aromatic carbocycles. The molecule has 1 aromatic rings. The summed E-state index contributed by atoms with van der Waals surface area (Å²) in [6.07, 6.45) is 0. The molecule has 0 N–H and O–H groups in total. The van der Waals surface area contributed by atoms with Gasteiger partial charge in [0.05, 0.1) is 0 Å². The first-order chi connectivity index (χ1) is 9.32. The Bertz CT molecular complexity index is 507. The quantitative estimate of drug-likeness (QED) is 0.775. The molecule has 0 aliphatic carbocycles. The van der Waals surface area contributed by atoms with Crippen LogP contribution in [0, 0.1) is 5.41 Å². The van der Waals surface area contributed by atoms with Gasteiger partial charge < -0.3 is 0 Å². The first-order valence-electron chi connectivity index (χ1n) is 6.87. The molecule has 20 heavy (non-hydrogen) atoms. The van der Waals surface area contributed by atoms with Crippen LogP contribution >= 0.6 is 0 Å². The van der Waals surface area contributed by atoms with Gasteiger partial charge in [-0.05, 0) is 0 Å². The second-order valence-corrected chi connectivity index (χ2v) is 7.03. The molecule has 1 amide bonds. The minimum absolute atomic E-state index is 0.0162. The Morgan fingerprint density at radius 2 is 1.95 bits per heavy atom. The van der Waals surface area contributed by atoms with Crippen molar-refractivity contribution in [2.24, 2.45) is 5.41 Å². The maximum absolute atomic E-state index is 12.8. The van der Waals surface area contributed by atoms with Crippen molar-refractivity contribution < 1.29 is 9.53 Å². The van der Waals surface area contributed by atoms with Crippen molar-refractivity contribution in [3.8, 4) is 0 Å². The molecule has 3 nitrogen and oxygen atoms in total. The van der Waals surface area contributed by atoms with Crippen LogP contribution in [-0.4, -0.2) is 43.8 Å². The van der Waals surface area contributed by atoms with Gasteiger partial charge in [-0.1, -0.05) is 0 Å². The summed E-state index contributed by atoms with van der Waals surface area (Å²) in [6.45, 7) is 8.90. The molecule has 0 unspecified atom stereocenters. The summed E-state index contributed by atoms with van der Waals surface area (Å²) in [5.74, 6) is -0.0894. The van der Waals surface area contributed by atoms with Crippen molar-refractivity contribution in [3.63, 3.8) is 0 Å². The number of benzene rings is 1. The molecule has 4 heteroatoms. The Labute approximate surface area is 128 Å². The Balaban J connectivity index is 2.25. The van der Waals surface area contributed by atoms with Crippen molar-refractivity contribution in [3.05, 3.63) is 35.9 Å². The standard InChI is InChI=1S/C16H21NO2Se/c1-11(12-8-6-5-7-9-12)14(18)17-13(16(2,3)4)10-19-15(17)20/h5-9,11,13H,10H2,1-4H3/t11-,13-/m1/s1. The number of amides is 1. The average molecular weight is 338 g/mol. The summed E-state index contributed by atoms with van der Waals surface area (Å²) in [4.78, 5) is 14.6. The van der Waals surface area contributed by atoms with Crippen molar-refractivity contribution in [2.75, 3.05) is 6.61 Å². The van der Waals surface area contributed by atoms with E-state index in [2.05, 4.69) is 36.3 Å². The predicted molar refractivity (Wildman–Crippen MR) is 81.7 cm³/mol. The van der Waals surface area contributed by atoms with Gasteiger partial charge in [-0.15, -0.1) is 0 Å². The molecule has 0 aromatic heterocycles. The number of rotatable bonds is 2. The molecule has 0 spiro atoms. The van der Waals surface area contributed by atoms with Crippen LogP contribution in [0.2, 0.25) is 0 Å². The number of hydrogen-bond donors (Lipinski definition) is 0. The van der Waals surface area contributed by atoms with E-state index in [4.69, 9.17) is 4.74 Å². The zero-order valence-corrected chi connectivity index (χ0v) is 14.1. The van der Waals surface area contributed by atoms with E-state index in [1.54, 1.807) is 4.90 Å². The van der Waals surface area contributed by atoms with Gasteiger partial charge in [0, 0.05) is 0 Å². The van der Waals surface area contributed by atoms with E-state index in [1.165, 1.54) is 0 Å². The van der Waals surface area contributed by atoms with Crippen molar-refractivity contribution in [1.82, 2.24) is 4.90 Å². The summed E-state index contributed by atoms with van der Waals surface area (Å²) in [5.41, 5.74) is 1.02. The van der Waals surface area contributed by atoms with Crippen LogP contribution in [0.3, 0.4) is 0 Å². The number of ether oxygens (including phenoxy) is 1. The van der Waals surface area contributed by atoms with Crippen molar-refractivity contribution in [1.29, 1.82) is 0 Å². The zero-order valence-electron chi connectivity index (χ0n) is 12.4. The van der Waals surface area contributed by atoms with Crippen LogP contribution < -0.4 is 0 Å². The van der Waals surface area contributed by atoms with Gasteiger partial charge in [-0.3, -0.25) is 0 Å². The van der Waals surface area contributed by atoms with Crippen LogP contribution in [-0.2, 0) is 9.53 Å². The van der Waals surface area contributed by atoms with E-state index >= 15 is 0 Å². The fourth-order valence-electron chi connectivity index (χ4n) is 2.40. The summed E-state index contributed by atoms with van der Waals surface area (Å²) in [5, 5.41) is 0. The Kier molecular flexibility index (Phi) is 4.36. The second kappa shape index (κ2) is 5.71. The third-order valence-corrected chi connectivity index (χ3v) is 4.44. The molecule has 0 radical (unpaired) electrons. The number of hydrogen-bond acceptors (Lipinski definition) is 2. The van der Waals surface area contributed by atoms with Crippen LogP contribution in [0.25, 0.3) is 0 Å². The fourth-order valence-corrected chi connectivity index (χ4v) is 2.99. The van der Waals surface area contributed by atoms with E-state index < -0.39 is 0 Å². The molecule has 1 aliphatic rings. The van der Waals surface area contributed by atoms with Gasteiger partial charge in [0.15, 0.2) is 0 Å². The number of carbonyl (C=O) groups excluding carboxylic acids is 1. The summed E-state index contributed by atoms with van der Waals surface area (Å²) < 4.78 is 6.17. The molecule has 1 saturated heterocycles. The van der Waals surface area contributed by atoms with Crippen molar-refractivity contribution >= 4 is 26.2 Å². The Hall–Kier alpha value is -1.12. The molecular formula is C16H21NO2Se. The van der Waals surface area contributed by atoms with E-state index in [-0.39, 0.29) is 23.3 Å². The first kappa shape index (κ1) is 15.3. The van der Waals surface area contributed by atoms with E-state index in [0.29, 0.717) is 11.3 Å². The minimum atomic E-state index is -0.175. The average Bonchev–Trinajstić information content (AvgIpc) is 2.80. The van der Waals surface area contributed by atoms with Gasteiger partial charge in [0.2, 0.25) is 0 Å². The molecule has 2 atom stereocenters. The van der Waals surface area contributed by atoms with Crippen LogP contribution in [0.15, 0.2) is 30.3 Å². The topological polar surface area (TPSA) is 29.5 Å². The Morgan fingerprint density at radius 1 is 1.35 bits per heavy atom. The van der Waals surface area contributed by atoms with Crippen LogP contribution in [0.4, 0.5) is 0 Å². The molecular weight excluding hydrogens is 317 g/mol. The maximum atomic E-state index is 12.8. The molecule has 0 saturated carbocycles. The Morgan fingerprint density at radius 3 is 2.50 bits per heavy atom. The molecule has 1 fully saturated rings. The van der Waals surface area contributed by atoms with Gasteiger partial charge in [-0.2, -0.15) is 0 Å². The monoisotopic (exact) mass is 339 g/mol. The van der Waals surface area contributed by atoms with E-state index in [0.717, 1.165) is 5.56 Å². The number of carbonyl (C=O) groups is 1. The molecule has 2 rings (SSSR count). The summed E-state index contributed by atoms with van der Waals surface area (Å²) in [7, 11) is 0. The third-order valence-electron chi connectivity index (χ3n) is 3.78.